The van der Waals surface area contributed by atoms with Crippen LogP contribution in [0.15, 0.2) is 6.20 Å². The third-order valence-electron chi connectivity index (χ3n) is 4.28. The molecule has 2 saturated heterocycles. The van der Waals surface area contributed by atoms with E-state index in [2.05, 4.69) is 26.9 Å². The van der Waals surface area contributed by atoms with Gasteiger partial charge in [0.2, 0.25) is 5.95 Å². The van der Waals surface area contributed by atoms with Crippen molar-refractivity contribution in [2.75, 3.05) is 36.0 Å². The van der Waals surface area contributed by atoms with Gasteiger partial charge in [0, 0.05) is 26.2 Å². The summed E-state index contributed by atoms with van der Waals surface area (Å²) in [4.78, 5) is 9.34. The molecule has 0 aromatic carbocycles. The van der Waals surface area contributed by atoms with Crippen molar-refractivity contribution in [3.63, 3.8) is 0 Å². The van der Waals surface area contributed by atoms with E-state index in [1.54, 1.807) is 0 Å². The molecule has 2 aliphatic rings. The van der Waals surface area contributed by atoms with Gasteiger partial charge in [-0.15, -0.1) is 5.10 Å². The first-order valence-corrected chi connectivity index (χ1v) is 7.52. The monoisotopic (exact) mass is 261 g/mol. The number of piperidine rings is 2. The Bertz CT molecular complexity index is 408. The second kappa shape index (κ2) is 5.72. The van der Waals surface area contributed by atoms with E-state index >= 15 is 0 Å². The molecule has 0 amide bonds. The quantitative estimate of drug-likeness (QED) is 0.816. The van der Waals surface area contributed by atoms with Gasteiger partial charge in [-0.25, -0.2) is 0 Å². The van der Waals surface area contributed by atoms with Gasteiger partial charge in [0.15, 0.2) is 5.82 Å². The van der Waals surface area contributed by atoms with Gasteiger partial charge in [-0.05, 0) is 38.0 Å². The standard InChI is InChI=1S/C14H23N5/c1-12-5-9-18(10-6-12)13-11-15-17-14(16-13)19-7-3-2-4-8-19/h11-12H,2-10H2,1H3. The highest BCUT2D eigenvalue weighted by molar-refractivity contribution is 5.42. The van der Waals surface area contributed by atoms with Crippen molar-refractivity contribution in [3.05, 3.63) is 6.20 Å². The van der Waals surface area contributed by atoms with Gasteiger partial charge < -0.3 is 9.80 Å². The predicted octanol–water partition coefficient (Wildman–Crippen LogP) is 2.10. The van der Waals surface area contributed by atoms with Crippen molar-refractivity contribution in [3.8, 4) is 0 Å². The summed E-state index contributed by atoms with van der Waals surface area (Å²) in [6.45, 7) is 6.66. The summed E-state index contributed by atoms with van der Waals surface area (Å²) in [6, 6.07) is 0. The molecule has 3 rings (SSSR count). The molecule has 0 unspecified atom stereocenters. The van der Waals surface area contributed by atoms with Crippen LogP contribution in [0.2, 0.25) is 0 Å². The van der Waals surface area contributed by atoms with Crippen LogP contribution in [-0.2, 0) is 0 Å². The summed E-state index contributed by atoms with van der Waals surface area (Å²) in [5, 5.41) is 8.37. The van der Waals surface area contributed by atoms with Gasteiger partial charge in [-0.1, -0.05) is 6.92 Å². The molecule has 0 aliphatic carbocycles. The largest absolute Gasteiger partial charge is 0.355 e. The van der Waals surface area contributed by atoms with Crippen molar-refractivity contribution < 1.29 is 0 Å². The van der Waals surface area contributed by atoms with Crippen LogP contribution in [0.3, 0.4) is 0 Å². The zero-order chi connectivity index (χ0) is 13.1. The lowest BCUT2D eigenvalue weighted by atomic mass is 9.99. The summed E-state index contributed by atoms with van der Waals surface area (Å²) < 4.78 is 0. The van der Waals surface area contributed by atoms with Gasteiger partial charge in [-0.2, -0.15) is 10.1 Å². The average Bonchev–Trinajstić information content (AvgIpc) is 2.49. The molecular weight excluding hydrogens is 238 g/mol. The third kappa shape index (κ3) is 2.96. The number of nitrogens with zero attached hydrogens (tertiary/aromatic N) is 5. The van der Waals surface area contributed by atoms with Crippen molar-refractivity contribution in [1.29, 1.82) is 0 Å². The van der Waals surface area contributed by atoms with Gasteiger partial charge in [0.1, 0.15) is 0 Å². The minimum Gasteiger partial charge on any atom is -0.355 e. The predicted molar refractivity (Wildman–Crippen MR) is 76.5 cm³/mol. The maximum atomic E-state index is 4.72. The smallest absolute Gasteiger partial charge is 0.247 e. The molecule has 0 saturated carbocycles. The highest BCUT2D eigenvalue weighted by Crippen LogP contribution is 2.22. The SMILES string of the molecule is CC1CCN(c2cnnc(N3CCCCC3)n2)CC1. The molecule has 0 bridgehead atoms. The molecule has 1 aromatic heterocycles. The normalized spacial score (nSPS) is 21.7. The Morgan fingerprint density at radius 3 is 2.47 bits per heavy atom. The molecule has 19 heavy (non-hydrogen) atoms. The summed E-state index contributed by atoms with van der Waals surface area (Å²) in [5.41, 5.74) is 0. The van der Waals surface area contributed by atoms with Gasteiger partial charge in [0.25, 0.3) is 0 Å². The molecule has 104 valence electrons. The van der Waals surface area contributed by atoms with E-state index in [9.17, 15) is 0 Å². The van der Waals surface area contributed by atoms with Crippen molar-refractivity contribution in [2.24, 2.45) is 5.92 Å². The number of anilines is 2. The first-order chi connectivity index (χ1) is 9.33. The lowest BCUT2D eigenvalue weighted by molar-refractivity contribution is 0.436. The van der Waals surface area contributed by atoms with E-state index in [-0.39, 0.29) is 0 Å². The van der Waals surface area contributed by atoms with Crippen LogP contribution in [0.5, 0.6) is 0 Å². The van der Waals surface area contributed by atoms with E-state index in [0.29, 0.717) is 0 Å². The highest BCUT2D eigenvalue weighted by atomic mass is 15.3. The number of rotatable bonds is 2. The summed E-state index contributed by atoms with van der Waals surface area (Å²) in [7, 11) is 0. The summed E-state index contributed by atoms with van der Waals surface area (Å²) >= 11 is 0. The Kier molecular flexibility index (Phi) is 3.80. The zero-order valence-corrected chi connectivity index (χ0v) is 11.8. The van der Waals surface area contributed by atoms with E-state index in [0.717, 1.165) is 43.9 Å². The Labute approximate surface area is 115 Å². The van der Waals surface area contributed by atoms with Crippen LogP contribution in [0.25, 0.3) is 0 Å². The number of aromatic nitrogens is 3. The average molecular weight is 261 g/mol. The Morgan fingerprint density at radius 2 is 1.74 bits per heavy atom. The fourth-order valence-electron chi connectivity index (χ4n) is 2.90. The van der Waals surface area contributed by atoms with E-state index in [4.69, 9.17) is 4.98 Å². The Balaban J connectivity index is 1.72. The molecule has 3 heterocycles. The van der Waals surface area contributed by atoms with Gasteiger partial charge in [-0.3, -0.25) is 0 Å². The fraction of sp³-hybridized carbons (Fsp3) is 0.786. The molecule has 2 aliphatic heterocycles. The topological polar surface area (TPSA) is 45.2 Å². The zero-order valence-electron chi connectivity index (χ0n) is 11.8. The Hall–Kier alpha value is -1.39. The second-order valence-corrected chi connectivity index (χ2v) is 5.83. The lowest BCUT2D eigenvalue weighted by Crippen LogP contribution is -2.35. The molecule has 0 N–H and O–H groups in total. The van der Waals surface area contributed by atoms with Gasteiger partial charge in [0.05, 0.1) is 6.20 Å². The fourth-order valence-corrected chi connectivity index (χ4v) is 2.90. The molecule has 2 fully saturated rings. The number of hydrogen-bond donors (Lipinski definition) is 0. The first-order valence-electron chi connectivity index (χ1n) is 7.52. The molecule has 0 spiro atoms. The minimum absolute atomic E-state index is 0.816. The van der Waals surface area contributed by atoms with Crippen LogP contribution >= 0.6 is 0 Å². The highest BCUT2D eigenvalue weighted by Gasteiger charge is 2.19. The molecule has 1 aromatic rings. The maximum Gasteiger partial charge on any atom is 0.247 e. The van der Waals surface area contributed by atoms with Crippen molar-refractivity contribution in [2.45, 2.75) is 39.0 Å². The molecule has 0 atom stereocenters. The molecule has 5 heteroatoms. The lowest BCUT2D eigenvalue weighted by Gasteiger charge is -2.32. The maximum absolute atomic E-state index is 4.72. The van der Waals surface area contributed by atoms with Gasteiger partial charge >= 0.3 is 0 Å². The summed E-state index contributed by atoms with van der Waals surface area (Å²) in [5.74, 6) is 2.66. The van der Waals surface area contributed by atoms with Crippen LogP contribution in [-0.4, -0.2) is 41.4 Å². The van der Waals surface area contributed by atoms with E-state index in [1.165, 1.54) is 32.1 Å². The second-order valence-electron chi connectivity index (χ2n) is 5.83. The van der Waals surface area contributed by atoms with Crippen molar-refractivity contribution in [1.82, 2.24) is 15.2 Å². The van der Waals surface area contributed by atoms with Crippen LogP contribution in [0.1, 0.15) is 39.0 Å². The van der Waals surface area contributed by atoms with Crippen molar-refractivity contribution >= 4 is 11.8 Å². The van der Waals surface area contributed by atoms with Crippen LogP contribution < -0.4 is 9.80 Å². The molecule has 0 radical (unpaired) electrons. The van der Waals surface area contributed by atoms with Crippen LogP contribution in [0.4, 0.5) is 11.8 Å². The Morgan fingerprint density at radius 1 is 1.00 bits per heavy atom. The van der Waals surface area contributed by atoms with E-state index in [1.807, 2.05) is 6.20 Å². The minimum atomic E-state index is 0.816. The third-order valence-corrected chi connectivity index (χ3v) is 4.28. The molecular formula is C14H23N5. The molecule has 5 nitrogen and oxygen atoms in total. The summed E-state index contributed by atoms with van der Waals surface area (Å²) in [6.07, 6.45) is 8.13. The van der Waals surface area contributed by atoms with Crippen LogP contribution in [0, 0.1) is 5.92 Å². The van der Waals surface area contributed by atoms with E-state index < -0.39 is 0 Å². The first kappa shape index (κ1) is 12.6. The number of hydrogen-bond acceptors (Lipinski definition) is 5.